The molecule has 1 aromatic rings. The number of aliphatic hydroxyl groups excluding tert-OH is 2. The van der Waals surface area contributed by atoms with Gasteiger partial charge in [-0.25, -0.2) is 0 Å². The van der Waals surface area contributed by atoms with Crippen LogP contribution in [-0.4, -0.2) is 46.2 Å². The SMILES string of the molecule is CC(C)O[C@H]1[C@@H](O)[C@H](O)[C@@H](C)O[C@@H]1Sc1ccccc1. The zero-order chi connectivity index (χ0) is 14.7. The fourth-order valence-electron chi connectivity index (χ4n) is 2.19. The molecule has 5 heteroatoms. The van der Waals surface area contributed by atoms with Crippen LogP contribution in [0.1, 0.15) is 20.8 Å². The molecule has 112 valence electrons. The molecule has 2 rings (SSSR count). The predicted molar refractivity (Wildman–Crippen MR) is 78.7 cm³/mol. The van der Waals surface area contributed by atoms with Crippen LogP contribution in [0.2, 0.25) is 0 Å². The summed E-state index contributed by atoms with van der Waals surface area (Å²) < 4.78 is 11.6. The van der Waals surface area contributed by atoms with Crippen LogP contribution in [0.3, 0.4) is 0 Å². The first kappa shape index (κ1) is 15.8. The Hall–Kier alpha value is -0.590. The third-order valence-electron chi connectivity index (χ3n) is 3.21. The van der Waals surface area contributed by atoms with Crippen molar-refractivity contribution in [3.8, 4) is 0 Å². The Kier molecular flexibility index (Phi) is 5.46. The minimum atomic E-state index is -0.942. The van der Waals surface area contributed by atoms with Crippen molar-refractivity contribution in [1.82, 2.24) is 0 Å². The number of hydrogen-bond acceptors (Lipinski definition) is 5. The highest BCUT2D eigenvalue weighted by Crippen LogP contribution is 2.35. The van der Waals surface area contributed by atoms with Crippen LogP contribution in [0.4, 0.5) is 0 Å². The Morgan fingerprint density at radius 2 is 1.80 bits per heavy atom. The number of ether oxygens (including phenoxy) is 2. The number of rotatable bonds is 4. The minimum Gasteiger partial charge on any atom is -0.388 e. The average Bonchev–Trinajstić information content (AvgIpc) is 2.42. The number of hydrogen-bond donors (Lipinski definition) is 2. The van der Waals surface area contributed by atoms with Crippen LogP contribution in [0, 0.1) is 0 Å². The molecule has 0 bridgehead atoms. The van der Waals surface area contributed by atoms with Crippen LogP contribution in [0.25, 0.3) is 0 Å². The first-order valence-electron chi connectivity index (χ1n) is 6.88. The van der Waals surface area contributed by atoms with Gasteiger partial charge in [0, 0.05) is 4.90 Å². The van der Waals surface area contributed by atoms with Crippen molar-refractivity contribution in [3.05, 3.63) is 30.3 Å². The fraction of sp³-hybridized carbons (Fsp3) is 0.600. The third kappa shape index (κ3) is 3.74. The lowest BCUT2D eigenvalue weighted by Gasteiger charge is -2.42. The first-order chi connectivity index (χ1) is 9.49. The van der Waals surface area contributed by atoms with Crippen LogP contribution in [0.5, 0.6) is 0 Å². The maximum atomic E-state index is 10.2. The van der Waals surface area contributed by atoms with Gasteiger partial charge in [-0.3, -0.25) is 0 Å². The quantitative estimate of drug-likeness (QED) is 0.891. The van der Waals surface area contributed by atoms with Crippen molar-refractivity contribution in [3.63, 3.8) is 0 Å². The maximum absolute atomic E-state index is 10.2. The molecule has 1 aliphatic heterocycles. The first-order valence-corrected chi connectivity index (χ1v) is 7.75. The highest BCUT2D eigenvalue weighted by molar-refractivity contribution is 7.99. The summed E-state index contributed by atoms with van der Waals surface area (Å²) in [6.45, 7) is 5.57. The molecule has 1 saturated heterocycles. The molecular formula is C15H22O4S. The molecule has 0 aromatic heterocycles. The van der Waals surface area contributed by atoms with Crippen LogP contribution >= 0.6 is 11.8 Å². The van der Waals surface area contributed by atoms with Gasteiger partial charge in [-0.05, 0) is 32.9 Å². The summed E-state index contributed by atoms with van der Waals surface area (Å²) in [6.07, 6.45) is -2.88. The second-order valence-corrected chi connectivity index (χ2v) is 6.44. The van der Waals surface area contributed by atoms with Crippen LogP contribution in [0.15, 0.2) is 35.2 Å². The van der Waals surface area contributed by atoms with Crippen molar-refractivity contribution < 1.29 is 19.7 Å². The molecule has 1 aliphatic rings. The molecular weight excluding hydrogens is 276 g/mol. The molecule has 4 nitrogen and oxygen atoms in total. The van der Waals surface area contributed by atoms with Crippen molar-refractivity contribution in [2.45, 2.75) is 61.6 Å². The standard InChI is InChI=1S/C15H22O4S/c1-9(2)18-14-13(17)12(16)10(3)19-15(14)20-11-7-5-4-6-8-11/h4-10,12-17H,1-3H3/t10-,12-,13+,14+,15-/m1/s1. The van der Waals surface area contributed by atoms with E-state index in [1.165, 1.54) is 11.8 Å². The van der Waals surface area contributed by atoms with Gasteiger partial charge in [0.2, 0.25) is 0 Å². The lowest BCUT2D eigenvalue weighted by Crippen LogP contribution is -2.57. The molecule has 2 N–H and O–H groups in total. The lowest BCUT2D eigenvalue weighted by molar-refractivity contribution is -0.215. The molecule has 1 aromatic carbocycles. The summed E-state index contributed by atoms with van der Waals surface area (Å²) in [5.41, 5.74) is -0.340. The van der Waals surface area contributed by atoms with E-state index in [1.807, 2.05) is 44.2 Å². The number of thioether (sulfide) groups is 1. The third-order valence-corrected chi connectivity index (χ3v) is 4.37. The predicted octanol–water partition coefficient (Wildman–Crippen LogP) is 2.04. The van der Waals surface area contributed by atoms with E-state index in [2.05, 4.69) is 0 Å². The summed E-state index contributed by atoms with van der Waals surface area (Å²) in [5, 5.41) is 20.2. The summed E-state index contributed by atoms with van der Waals surface area (Å²) in [7, 11) is 0. The van der Waals surface area contributed by atoms with Gasteiger partial charge in [0.15, 0.2) is 0 Å². The van der Waals surface area contributed by atoms with Gasteiger partial charge in [-0.2, -0.15) is 0 Å². The Balaban J connectivity index is 2.14. The molecule has 1 heterocycles. The summed E-state index contributed by atoms with van der Waals surface area (Å²) in [4.78, 5) is 1.05. The topological polar surface area (TPSA) is 58.9 Å². The average molecular weight is 298 g/mol. The molecule has 5 atom stereocenters. The lowest BCUT2D eigenvalue weighted by atomic mass is 10.0. The highest BCUT2D eigenvalue weighted by Gasteiger charge is 2.44. The van der Waals surface area contributed by atoms with E-state index in [0.717, 1.165) is 4.90 Å². The number of benzene rings is 1. The maximum Gasteiger partial charge on any atom is 0.136 e. The van der Waals surface area contributed by atoms with Gasteiger partial charge in [-0.1, -0.05) is 30.0 Å². The summed E-state index contributed by atoms with van der Waals surface area (Å²) >= 11 is 1.51. The van der Waals surface area contributed by atoms with Crippen molar-refractivity contribution in [1.29, 1.82) is 0 Å². The van der Waals surface area contributed by atoms with Gasteiger partial charge < -0.3 is 19.7 Å². The zero-order valence-corrected chi connectivity index (χ0v) is 12.8. The summed E-state index contributed by atoms with van der Waals surface area (Å²) in [6, 6.07) is 9.84. The molecule has 0 saturated carbocycles. The van der Waals surface area contributed by atoms with Crippen molar-refractivity contribution in [2.24, 2.45) is 0 Å². The molecule has 20 heavy (non-hydrogen) atoms. The van der Waals surface area contributed by atoms with Gasteiger partial charge in [0.25, 0.3) is 0 Å². The van der Waals surface area contributed by atoms with Crippen molar-refractivity contribution >= 4 is 11.8 Å². The van der Waals surface area contributed by atoms with E-state index >= 15 is 0 Å². The molecule has 0 unspecified atom stereocenters. The molecule has 0 spiro atoms. The van der Waals surface area contributed by atoms with E-state index in [-0.39, 0.29) is 11.5 Å². The van der Waals surface area contributed by atoms with E-state index in [4.69, 9.17) is 9.47 Å². The molecule has 0 aliphatic carbocycles. The Morgan fingerprint density at radius 1 is 1.15 bits per heavy atom. The smallest absolute Gasteiger partial charge is 0.136 e. The second-order valence-electron chi connectivity index (χ2n) is 5.27. The van der Waals surface area contributed by atoms with Gasteiger partial charge in [-0.15, -0.1) is 0 Å². The Bertz CT molecular complexity index is 412. The molecule has 1 fully saturated rings. The Labute approximate surface area is 124 Å². The van der Waals surface area contributed by atoms with Gasteiger partial charge >= 0.3 is 0 Å². The van der Waals surface area contributed by atoms with Crippen LogP contribution < -0.4 is 0 Å². The molecule has 0 amide bonds. The second kappa shape index (κ2) is 6.91. The van der Waals surface area contributed by atoms with Gasteiger partial charge in [0.1, 0.15) is 23.7 Å². The minimum absolute atomic E-state index is 0.0438. The normalized spacial score (nSPS) is 34.4. The Morgan fingerprint density at radius 3 is 2.40 bits per heavy atom. The monoisotopic (exact) mass is 298 g/mol. The van der Waals surface area contributed by atoms with E-state index in [9.17, 15) is 10.2 Å². The fourth-order valence-corrected chi connectivity index (χ4v) is 3.36. The summed E-state index contributed by atoms with van der Waals surface area (Å²) in [5.74, 6) is 0. The van der Waals surface area contributed by atoms with E-state index < -0.39 is 24.4 Å². The number of aliphatic hydroxyl groups is 2. The van der Waals surface area contributed by atoms with E-state index in [1.54, 1.807) is 6.92 Å². The zero-order valence-electron chi connectivity index (χ0n) is 12.0. The largest absolute Gasteiger partial charge is 0.388 e. The van der Waals surface area contributed by atoms with Gasteiger partial charge in [0.05, 0.1) is 12.2 Å². The van der Waals surface area contributed by atoms with E-state index in [0.29, 0.717) is 0 Å². The van der Waals surface area contributed by atoms with Crippen molar-refractivity contribution in [2.75, 3.05) is 0 Å². The van der Waals surface area contributed by atoms with Crippen LogP contribution in [-0.2, 0) is 9.47 Å². The highest BCUT2D eigenvalue weighted by atomic mass is 32.2. The molecule has 0 radical (unpaired) electrons.